The van der Waals surface area contributed by atoms with Gasteiger partial charge in [-0.25, -0.2) is 9.97 Å². The molecular formula is C29H23N3O4. The van der Waals surface area contributed by atoms with Crippen LogP contribution < -0.4 is 15.5 Å². The molecule has 0 saturated carbocycles. The van der Waals surface area contributed by atoms with Gasteiger partial charge in [-0.2, -0.15) is 0 Å². The lowest BCUT2D eigenvalue weighted by atomic mass is 10.1. The predicted octanol–water partition coefficient (Wildman–Crippen LogP) is 6.22. The SMILES string of the molecule is Cc1ccc2oc(-c3ccc(C(=O)Nc4cccc(Oc5nc(C)cc(C)n5)c4)cc3)cc(=O)c2c1. The lowest BCUT2D eigenvalue weighted by Gasteiger charge is -2.09. The first-order valence-electron chi connectivity index (χ1n) is 11.4. The van der Waals surface area contributed by atoms with E-state index in [0.717, 1.165) is 17.0 Å². The molecule has 3 aromatic carbocycles. The normalized spacial score (nSPS) is 10.9. The first-order valence-corrected chi connectivity index (χ1v) is 11.4. The van der Waals surface area contributed by atoms with Crippen molar-refractivity contribution in [3.8, 4) is 23.1 Å². The number of anilines is 1. The third kappa shape index (κ3) is 5.00. The number of nitrogens with zero attached hydrogens (tertiary/aromatic N) is 2. The fourth-order valence-corrected chi connectivity index (χ4v) is 3.88. The number of ether oxygens (including phenoxy) is 1. The van der Waals surface area contributed by atoms with E-state index in [-0.39, 0.29) is 17.3 Å². The second kappa shape index (κ2) is 9.46. The molecule has 0 saturated heterocycles. The maximum Gasteiger partial charge on any atom is 0.322 e. The number of carbonyl (C=O) groups is 1. The van der Waals surface area contributed by atoms with Gasteiger partial charge in [-0.1, -0.05) is 29.8 Å². The Morgan fingerprint density at radius 1 is 0.861 bits per heavy atom. The third-order valence-electron chi connectivity index (χ3n) is 5.58. The highest BCUT2D eigenvalue weighted by Gasteiger charge is 2.11. The summed E-state index contributed by atoms with van der Waals surface area (Å²) in [5, 5.41) is 3.42. The summed E-state index contributed by atoms with van der Waals surface area (Å²) in [5.41, 5.74) is 4.77. The molecule has 1 N–H and O–H groups in total. The van der Waals surface area contributed by atoms with Gasteiger partial charge in [0.05, 0.1) is 5.39 Å². The van der Waals surface area contributed by atoms with E-state index in [4.69, 9.17) is 9.15 Å². The molecule has 7 heteroatoms. The van der Waals surface area contributed by atoms with Crippen molar-refractivity contribution in [2.45, 2.75) is 20.8 Å². The monoisotopic (exact) mass is 477 g/mol. The van der Waals surface area contributed by atoms with Gasteiger partial charge in [0, 0.05) is 40.3 Å². The second-order valence-corrected chi connectivity index (χ2v) is 8.57. The van der Waals surface area contributed by atoms with Crippen LogP contribution in [0.4, 0.5) is 5.69 Å². The molecule has 0 spiro atoms. The maximum absolute atomic E-state index is 12.8. The maximum atomic E-state index is 12.8. The summed E-state index contributed by atoms with van der Waals surface area (Å²) in [6, 6.07) is 23.0. The van der Waals surface area contributed by atoms with Crippen molar-refractivity contribution in [3.05, 3.63) is 112 Å². The number of hydrogen-bond donors (Lipinski definition) is 1. The third-order valence-corrected chi connectivity index (χ3v) is 5.58. The molecule has 5 rings (SSSR count). The first-order chi connectivity index (χ1) is 17.3. The zero-order chi connectivity index (χ0) is 25.2. The van der Waals surface area contributed by atoms with Crippen LogP contribution in [0.1, 0.15) is 27.3 Å². The van der Waals surface area contributed by atoms with Crippen molar-refractivity contribution >= 4 is 22.6 Å². The van der Waals surface area contributed by atoms with Crippen LogP contribution in [0, 0.1) is 20.8 Å². The molecule has 7 nitrogen and oxygen atoms in total. The quantitative estimate of drug-likeness (QED) is 0.323. The van der Waals surface area contributed by atoms with Crippen LogP contribution in [0.25, 0.3) is 22.3 Å². The Bertz CT molecular complexity index is 1640. The number of rotatable bonds is 5. The molecule has 2 heterocycles. The molecule has 5 aromatic rings. The molecule has 0 aliphatic rings. The van der Waals surface area contributed by atoms with Gasteiger partial charge in [-0.05, 0) is 63.2 Å². The fourth-order valence-electron chi connectivity index (χ4n) is 3.88. The molecule has 0 aliphatic carbocycles. The van der Waals surface area contributed by atoms with Crippen molar-refractivity contribution in [2.24, 2.45) is 0 Å². The van der Waals surface area contributed by atoms with E-state index in [1.165, 1.54) is 6.07 Å². The van der Waals surface area contributed by atoms with Crippen LogP contribution in [-0.2, 0) is 0 Å². The van der Waals surface area contributed by atoms with Gasteiger partial charge >= 0.3 is 6.01 Å². The molecule has 0 radical (unpaired) electrons. The molecule has 2 aromatic heterocycles. The highest BCUT2D eigenvalue weighted by molar-refractivity contribution is 6.04. The minimum absolute atomic E-state index is 0.106. The van der Waals surface area contributed by atoms with Crippen LogP contribution in [0.15, 0.2) is 88.1 Å². The fraction of sp³-hybridized carbons (Fsp3) is 0.103. The molecule has 0 aliphatic heterocycles. The molecule has 36 heavy (non-hydrogen) atoms. The molecule has 0 atom stereocenters. The Hall–Kier alpha value is -4.78. The number of amides is 1. The van der Waals surface area contributed by atoms with Crippen molar-refractivity contribution in [1.29, 1.82) is 0 Å². The molecule has 0 bridgehead atoms. The van der Waals surface area contributed by atoms with Gasteiger partial charge in [0.15, 0.2) is 5.43 Å². The molecular weight excluding hydrogens is 454 g/mol. The Labute approximate surface area is 207 Å². The van der Waals surface area contributed by atoms with E-state index >= 15 is 0 Å². The number of nitrogens with one attached hydrogen (secondary N) is 1. The van der Waals surface area contributed by atoms with Crippen molar-refractivity contribution in [3.63, 3.8) is 0 Å². The minimum Gasteiger partial charge on any atom is -0.456 e. The number of aryl methyl sites for hydroxylation is 3. The van der Waals surface area contributed by atoms with Gasteiger partial charge in [0.1, 0.15) is 17.1 Å². The topological polar surface area (TPSA) is 94.3 Å². The minimum atomic E-state index is -0.281. The summed E-state index contributed by atoms with van der Waals surface area (Å²) in [6.45, 7) is 5.68. The summed E-state index contributed by atoms with van der Waals surface area (Å²) >= 11 is 0. The Morgan fingerprint density at radius 2 is 1.61 bits per heavy atom. The summed E-state index contributed by atoms with van der Waals surface area (Å²) in [4.78, 5) is 33.9. The number of fused-ring (bicyclic) bond motifs is 1. The van der Waals surface area contributed by atoms with Gasteiger partial charge in [0.25, 0.3) is 5.91 Å². The van der Waals surface area contributed by atoms with Gasteiger partial charge in [-0.15, -0.1) is 0 Å². The number of carbonyl (C=O) groups excluding carboxylic acids is 1. The highest BCUT2D eigenvalue weighted by atomic mass is 16.5. The molecule has 0 fully saturated rings. The first kappa shape index (κ1) is 23.0. The Morgan fingerprint density at radius 3 is 2.36 bits per heavy atom. The molecule has 0 unspecified atom stereocenters. The van der Waals surface area contributed by atoms with E-state index in [1.54, 1.807) is 54.6 Å². The van der Waals surface area contributed by atoms with Crippen LogP contribution in [0.2, 0.25) is 0 Å². The standard InChI is InChI=1S/C29H23N3O4/c1-17-7-12-26-24(13-17)25(33)16-27(36-26)20-8-10-21(11-9-20)28(34)32-22-5-4-6-23(15-22)35-29-30-18(2)14-19(3)31-29/h4-16H,1-3H3,(H,32,34). The van der Waals surface area contributed by atoms with E-state index in [1.807, 2.05) is 39.0 Å². The van der Waals surface area contributed by atoms with Gasteiger partial charge in [-0.3, -0.25) is 9.59 Å². The van der Waals surface area contributed by atoms with Gasteiger partial charge in [0.2, 0.25) is 0 Å². The molecule has 178 valence electrons. The average Bonchev–Trinajstić information content (AvgIpc) is 2.84. The summed E-state index contributed by atoms with van der Waals surface area (Å²) in [6.07, 6.45) is 0. The van der Waals surface area contributed by atoms with Crippen molar-refractivity contribution in [1.82, 2.24) is 9.97 Å². The summed E-state index contributed by atoms with van der Waals surface area (Å²) < 4.78 is 11.7. The van der Waals surface area contributed by atoms with Crippen LogP contribution in [0.3, 0.4) is 0 Å². The number of benzene rings is 3. The van der Waals surface area contributed by atoms with Gasteiger partial charge < -0.3 is 14.5 Å². The van der Waals surface area contributed by atoms with Crippen LogP contribution >= 0.6 is 0 Å². The summed E-state index contributed by atoms with van der Waals surface area (Å²) in [7, 11) is 0. The van der Waals surface area contributed by atoms with E-state index in [2.05, 4.69) is 15.3 Å². The number of hydrogen-bond acceptors (Lipinski definition) is 6. The summed E-state index contributed by atoms with van der Waals surface area (Å²) in [5.74, 6) is 0.674. The predicted molar refractivity (Wildman–Crippen MR) is 139 cm³/mol. The van der Waals surface area contributed by atoms with E-state index in [0.29, 0.717) is 39.3 Å². The second-order valence-electron chi connectivity index (χ2n) is 8.57. The number of aromatic nitrogens is 2. The Balaban J connectivity index is 1.32. The van der Waals surface area contributed by atoms with E-state index in [9.17, 15) is 9.59 Å². The van der Waals surface area contributed by atoms with Crippen molar-refractivity contribution in [2.75, 3.05) is 5.32 Å². The average molecular weight is 478 g/mol. The largest absolute Gasteiger partial charge is 0.456 e. The zero-order valence-electron chi connectivity index (χ0n) is 20.0. The Kier molecular flexibility index (Phi) is 6.04. The van der Waals surface area contributed by atoms with E-state index < -0.39 is 0 Å². The lowest BCUT2D eigenvalue weighted by Crippen LogP contribution is -2.11. The zero-order valence-corrected chi connectivity index (χ0v) is 20.0. The van der Waals surface area contributed by atoms with Crippen LogP contribution in [-0.4, -0.2) is 15.9 Å². The highest BCUT2D eigenvalue weighted by Crippen LogP contribution is 2.25. The smallest absolute Gasteiger partial charge is 0.322 e. The lowest BCUT2D eigenvalue weighted by molar-refractivity contribution is 0.102. The molecule has 1 amide bonds. The van der Waals surface area contributed by atoms with Crippen LogP contribution in [0.5, 0.6) is 11.8 Å². The van der Waals surface area contributed by atoms with Crippen molar-refractivity contribution < 1.29 is 13.9 Å².